The van der Waals surface area contributed by atoms with E-state index in [1.165, 1.54) is 10.8 Å². The Morgan fingerprint density at radius 2 is 1.92 bits per heavy atom. The van der Waals surface area contributed by atoms with Gasteiger partial charge in [-0.1, -0.05) is 12.1 Å². The number of furan rings is 1. The highest BCUT2D eigenvalue weighted by molar-refractivity contribution is 5.81. The summed E-state index contributed by atoms with van der Waals surface area (Å²) in [7, 11) is 0. The molecule has 0 radical (unpaired) electrons. The highest BCUT2D eigenvalue weighted by atomic mass is 16.3. The Morgan fingerprint density at radius 3 is 2.62 bits per heavy atom. The molecular formula is C17H17N3O4. The smallest absolute Gasteiger partial charge is 0.331 e. The van der Waals surface area contributed by atoms with Gasteiger partial charge in [-0.3, -0.25) is 18.7 Å². The molecule has 1 N–H and O–H groups in total. The SMILES string of the molecule is CCn1c(=O)c2ccccc2n(CC(=O)NCc2ccco2)c1=O. The Morgan fingerprint density at radius 1 is 1.12 bits per heavy atom. The molecule has 7 heteroatoms. The molecule has 3 rings (SSSR count). The van der Waals surface area contributed by atoms with E-state index in [2.05, 4.69) is 5.32 Å². The van der Waals surface area contributed by atoms with Crippen LogP contribution in [-0.4, -0.2) is 15.0 Å². The fourth-order valence-corrected chi connectivity index (χ4v) is 2.60. The Balaban J connectivity index is 1.95. The van der Waals surface area contributed by atoms with Gasteiger partial charge in [0.15, 0.2) is 0 Å². The maximum absolute atomic E-state index is 12.5. The number of amides is 1. The fourth-order valence-electron chi connectivity index (χ4n) is 2.60. The lowest BCUT2D eigenvalue weighted by Crippen LogP contribution is -2.42. The van der Waals surface area contributed by atoms with Crippen LogP contribution in [0.2, 0.25) is 0 Å². The van der Waals surface area contributed by atoms with Gasteiger partial charge in [0.1, 0.15) is 12.3 Å². The third-order valence-corrected chi connectivity index (χ3v) is 3.79. The van der Waals surface area contributed by atoms with E-state index in [0.717, 1.165) is 4.57 Å². The van der Waals surface area contributed by atoms with Crippen LogP contribution in [0.25, 0.3) is 10.9 Å². The highest BCUT2D eigenvalue weighted by Gasteiger charge is 2.14. The van der Waals surface area contributed by atoms with Crippen molar-refractivity contribution in [1.82, 2.24) is 14.5 Å². The Kier molecular flexibility index (Phi) is 4.33. The molecule has 0 aliphatic carbocycles. The molecule has 0 aliphatic heterocycles. The van der Waals surface area contributed by atoms with Crippen molar-refractivity contribution in [3.05, 3.63) is 69.3 Å². The van der Waals surface area contributed by atoms with E-state index >= 15 is 0 Å². The molecule has 3 aromatic rings. The molecule has 1 amide bonds. The van der Waals surface area contributed by atoms with Gasteiger partial charge in [0.05, 0.1) is 23.7 Å². The highest BCUT2D eigenvalue weighted by Crippen LogP contribution is 2.07. The van der Waals surface area contributed by atoms with Crippen molar-refractivity contribution >= 4 is 16.8 Å². The molecule has 2 aromatic heterocycles. The van der Waals surface area contributed by atoms with E-state index in [1.54, 1.807) is 43.3 Å². The maximum Gasteiger partial charge on any atom is 0.331 e. The maximum atomic E-state index is 12.5. The summed E-state index contributed by atoms with van der Waals surface area (Å²) in [6, 6.07) is 10.3. The summed E-state index contributed by atoms with van der Waals surface area (Å²) in [6.07, 6.45) is 1.52. The molecule has 0 aliphatic rings. The van der Waals surface area contributed by atoms with Gasteiger partial charge in [0.2, 0.25) is 5.91 Å². The second-order valence-corrected chi connectivity index (χ2v) is 5.29. The molecule has 0 unspecified atom stereocenters. The molecule has 0 saturated heterocycles. The topological polar surface area (TPSA) is 86.2 Å². The zero-order valence-corrected chi connectivity index (χ0v) is 13.2. The average molecular weight is 327 g/mol. The lowest BCUT2D eigenvalue weighted by molar-refractivity contribution is -0.121. The van der Waals surface area contributed by atoms with Crippen molar-refractivity contribution in [2.75, 3.05) is 0 Å². The van der Waals surface area contributed by atoms with Gasteiger partial charge in [-0.25, -0.2) is 4.79 Å². The summed E-state index contributed by atoms with van der Waals surface area (Å²) in [4.78, 5) is 37.1. The minimum absolute atomic E-state index is 0.166. The van der Waals surface area contributed by atoms with E-state index in [-0.39, 0.29) is 31.1 Å². The number of hydrogen-bond acceptors (Lipinski definition) is 4. The minimum Gasteiger partial charge on any atom is -0.467 e. The lowest BCUT2D eigenvalue weighted by atomic mass is 10.2. The summed E-state index contributed by atoms with van der Waals surface area (Å²) < 4.78 is 7.60. The fraction of sp³-hybridized carbons (Fsp3) is 0.235. The van der Waals surface area contributed by atoms with Gasteiger partial charge in [0, 0.05) is 6.54 Å². The summed E-state index contributed by atoms with van der Waals surface area (Å²) >= 11 is 0. The van der Waals surface area contributed by atoms with Gasteiger partial charge in [-0.05, 0) is 31.2 Å². The van der Waals surface area contributed by atoms with Crippen molar-refractivity contribution in [2.45, 2.75) is 26.6 Å². The number of fused-ring (bicyclic) bond motifs is 1. The summed E-state index contributed by atoms with van der Waals surface area (Å²) in [5.74, 6) is 0.291. The zero-order chi connectivity index (χ0) is 17.1. The van der Waals surface area contributed by atoms with Crippen LogP contribution in [0.3, 0.4) is 0 Å². The Bertz CT molecular complexity index is 983. The Labute approximate surface area is 137 Å². The molecular weight excluding hydrogens is 310 g/mol. The third kappa shape index (κ3) is 2.88. The largest absolute Gasteiger partial charge is 0.467 e. The van der Waals surface area contributed by atoms with Crippen LogP contribution in [0.5, 0.6) is 0 Å². The predicted octanol–water partition coefficient (Wildman–Crippen LogP) is 1.09. The van der Waals surface area contributed by atoms with Crippen molar-refractivity contribution in [3.8, 4) is 0 Å². The first-order valence-electron chi connectivity index (χ1n) is 7.63. The van der Waals surface area contributed by atoms with Crippen molar-refractivity contribution in [3.63, 3.8) is 0 Å². The normalized spacial score (nSPS) is 10.9. The average Bonchev–Trinajstić information content (AvgIpc) is 3.11. The Hall–Kier alpha value is -3.09. The number of hydrogen-bond donors (Lipinski definition) is 1. The molecule has 1 aromatic carbocycles. The quantitative estimate of drug-likeness (QED) is 0.760. The first kappa shape index (κ1) is 15.8. The minimum atomic E-state index is -0.491. The lowest BCUT2D eigenvalue weighted by Gasteiger charge is -2.13. The second kappa shape index (κ2) is 6.57. The summed E-state index contributed by atoms with van der Waals surface area (Å²) in [6.45, 7) is 2.04. The molecule has 2 heterocycles. The number of nitrogens with zero attached hydrogens (tertiary/aromatic N) is 2. The van der Waals surface area contributed by atoms with Crippen LogP contribution in [0, 0.1) is 0 Å². The van der Waals surface area contributed by atoms with Crippen LogP contribution >= 0.6 is 0 Å². The zero-order valence-electron chi connectivity index (χ0n) is 13.2. The van der Waals surface area contributed by atoms with Crippen LogP contribution in [-0.2, 0) is 24.4 Å². The van der Waals surface area contributed by atoms with Gasteiger partial charge in [-0.2, -0.15) is 0 Å². The first-order chi connectivity index (χ1) is 11.6. The molecule has 0 fully saturated rings. The number of aromatic nitrogens is 2. The summed E-state index contributed by atoms with van der Waals surface area (Å²) in [5.41, 5.74) is -0.384. The van der Waals surface area contributed by atoms with E-state index in [4.69, 9.17) is 4.42 Å². The molecule has 0 atom stereocenters. The van der Waals surface area contributed by atoms with E-state index in [0.29, 0.717) is 16.7 Å². The van der Waals surface area contributed by atoms with E-state index in [1.807, 2.05) is 0 Å². The predicted molar refractivity (Wildman–Crippen MR) is 88.7 cm³/mol. The first-order valence-corrected chi connectivity index (χ1v) is 7.63. The standard InChI is InChI=1S/C17H17N3O4/c1-2-19-16(22)13-7-3-4-8-14(13)20(17(19)23)11-15(21)18-10-12-6-5-9-24-12/h3-9H,2,10-11H2,1H3,(H,18,21). The van der Waals surface area contributed by atoms with Crippen LogP contribution < -0.4 is 16.6 Å². The monoisotopic (exact) mass is 327 g/mol. The van der Waals surface area contributed by atoms with E-state index < -0.39 is 5.69 Å². The third-order valence-electron chi connectivity index (χ3n) is 3.79. The van der Waals surface area contributed by atoms with Gasteiger partial charge in [-0.15, -0.1) is 0 Å². The number of carbonyl (C=O) groups excluding carboxylic acids is 1. The molecule has 0 spiro atoms. The number of carbonyl (C=O) groups is 1. The van der Waals surface area contributed by atoms with Crippen molar-refractivity contribution in [1.29, 1.82) is 0 Å². The molecule has 0 saturated carbocycles. The van der Waals surface area contributed by atoms with Crippen molar-refractivity contribution in [2.24, 2.45) is 0 Å². The summed E-state index contributed by atoms with van der Waals surface area (Å²) in [5, 5.41) is 3.11. The second-order valence-electron chi connectivity index (χ2n) is 5.29. The number of rotatable bonds is 5. The van der Waals surface area contributed by atoms with Crippen LogP contribution in [0.1, 0.15) is 12.7 Å². The van der Waals surface area contributed by atoms with Gasteiger partial charge in [0.25, 0.3) is 5.56 Å². The van der Waals surface area contributed by atoms with Gasteiger partial charge >= 0.3 is 5.69 Å². The number of nitrogens with one attached hydrogen (secondary N) is 1. The molecule has 0 bridgehead atoms. The van der Waals surface area contributed by atoms with Crippen molar-refractivity contribution < 1.29 is 9.21 Å². The number of benzene rings is 1. The van der Waals surface area contributed by atoms with Crippen LogP contribution in [0.4, 0.5) is 0 Å². The van der Waals surface area contributed by atoms with Gasteiger partial charge < -0.3 is 9.73 Å². The van der Waals surface area contributed by atoms with Crippen LogP contribution in [0.15, 0.2) is 56.7 Å². The number of para-hydroxylation sites is 1. The molecule has 124 valence electrons. The van der Waals surface area contributed by atoms with E-state index in [9.17, 15) is 14.4 Å². The molecule has 7 nitrogen and oxygen atoms in total. The molecule has 24 heavy (non-hydrogen) atoms.